The van der Waals surface area contributed by atoms with Crippen molar-refractivity contribution in [1.82, 2.24) is 5.32 Å². The van der Waals surface area contributed by atoms with Crippen LogP contribution >= 0.6 is 0 Å². The molecule has 0 heterocycles. The molecule has 0 aromatic heterocycles. The number of para-hydroxylation sites is 1. The molecule has 0 aliphatic carbocycles. The average molecular weight is 284 g/mol. The summed E-state index contributed by atoms with van der Waals surface area (Å²) in [4.78, 5) is 23.6. The van der Waals surface area contributed by atoms with Gasteiger partial charge in [0.15, 0.2) is 5.54 Å². The van der Waals surface area contributed by atoms with Crippen LogP contribution in [0.25, 0.3) is 0 Å². The number of nitrogens with one attached hydrogen (secondary N) is 2. The summed E-state index contributed by atoms with van der Waals surface area (Å²) < 4.78 is 0. The molecular weight excluding hydrogens is 268 g/mol. The SMILES string of the molecule is CC(NC(=O)Nc1ccccc1)(C(=O)O)c1ccccc1. The van der Waals surface area contributed by atoms with Crippen LogP contribution in [0.3, 0.4) is 0 Å². The van der Waals surface area contributed by atoms with E-state index in [0.717, 1.165) is 0 Å². The molecule has 0 aliphatic heterocycles. The molecule has 1 atom stereocenters. The first-order valence-corrected chi connectivity index (χ1v) is 6.45. The van der Waals surface area contributed by atoms with E-state index in [-0.39, 0.29) is 0 Å². The number of amides is 2. The molecule has 5 nitrogen and oxygen atoms in total. The highest BCUT2D eigenvalue weighted by molar-refractivity contribution is 5.94. The maximum Gasteiger partial charge on any atom is 0.333 e. The summed E-state index contributed by atoms with van der Waals surface area (Å²) in [6.45, 7) is 1.45. The molecule has 1 unspecified atom stereocenters. The second kappa shape index (κ2) is 6.09. The van der Waals surface area contributed by atoms with E-state index >= 15 is 0 Å². The fraction of sp³-hybridized carbons (Fsp3) is 0.125. The van der Waals surface area contributed by atoms with E-state index in [1.54, 1.807) is 54.6 Å². The van der Waals surface area contributed by atoms with Gasteiger partial charge in [0.25, 0.3) is 0 Å². The number of rotatable bonds is 4. The van der Waals surface area contributed by atoms with Crippen LogP contribution < -0.4 is 10.6 Å². The van der Waals surface area contributed by atoms with Crippen molar-refractivity contribution >= 4 is 17.7 Å². The Hall–Kier alpha value is -2.82. The van der Waals surface area contributed by atoms with Crippen LogP contribution in [0.2, 0.25) is 0 Å². The minimum atomic E-state index is -1.50. The Labute approximate surface area is 122 Å². The third-order valence-corrected chi connectivity index (χ3v) is 3.17. The van der Waals surface area contributed by atoms with Crippen LogP contribution in [0.5, 0.6) is 0 Å². The van der Waals surface area contributed by atoms with Crippen molar-refractivity contribution in [2.24, 2.45) is 0 Å². The van der Waals surface area contributed by atoms with E-state index in [1.807, 2.05) is 6.07 Å². The number of carbonyl (C=O) groups excluding carboxylic acids is 1. The average Bonchev–Trinajstić information content (AvgIpc) is 2.48. The van der Waals surface area contributed by atoms with E-state index in [4.69, 9.17) is 0 Å². The normalized spacial score (nSPS) is 13.0. The van der Waals surface area contributed by atoms with Crippen molar-refractivity contribution in [1.29, 1.82) is 0 Å². The Kier molecular flexibility index (Phi) is 4.23. The molecular formula is C16H16N2O3. The number of urea groups is 1. The number of anilines is 1. The number of carboxylic acids is 1. The number of carbonyl (C=O) groups is 2. The molecule has 2 rings (SSSR count). The van der Waals surface area contributed by atoms with Crippen LogP contribution in [0.1, 0.15) is 12.5 Å². The van der Waals surface area contributed by atoms with Gasteiger partial charge in [-0.2, -0.15) is 0 Å². The van der Waals surface area contributed by atoms with Gasteiger partial charge in [-0.3, -0.25) is 0 Å². The predicted octanol–water partition coefficient (Wildman–Crippen LogP) is 2.81. The lowest BCUT2D eigenvalue weighted by atomic mass is 9.92. The van der Waals surface area contributed by atoms with Gasteiger partial charge in [-0.1, -0.05) is 48.5 Å². The zero-order valence-electron chi connectivity index (χ0n) is 11.5. The Balaban J connectivity index is 2.17. The number of benzene rings is 2. The van der Waals surface area contributed by atoms with E-state index in [9.17, 15) is 14.7 Å². The topological polar surface area (TPSA) is 78.4 Å². The van der Waals surface area contributed by atoms with Crippen molar-refractivity contribution in [3.05, 3.63) is 66.2 Å². The highest BCUT2D eigenvalue weighted by Crippen LogP contribution is 2.21. The number of hydrogen-bond acceptors (Lipinski definition) is 2. The molecule has 2 amide bonds. The first kappa shape index (κ1) is 14.6. The van der Waals surface area contributed by atoms with Gasteiger partial charge in [0.05, 0.1) is 0 Å². The fourth-order valence-electron chi connectivity index (χ4n) is 1.93. The van der Waals surface area contributed by atoms with Crippen molar-refractivity contribution in [2.45, 2.75) is 12.5 Å². The zero-order valence-corrected chi connectivity index (χ0v) is 11.5. The zero-order chi connectivity index (χ0) is 15.3. The molecule has 0 bridgehead atoms. The predicted molar refractivity (Wildman–Crippen MR) is 80.0 cm³/mol. The summed E-state index contributed by atoms with van der Waals surface area (Å²) in [7, 11) is 0. The molecule has 0 saturated carbocycles. The fourth-order valence-corrected chi connectivity index (χ4v) is 1.93. The maximum atomic E-state index is 12.0. The molecule has 21 heavy (non-hydrogen) atoms. The summed E-state index contributed by atoms with van der Waals surface area (Å²) >= 11 is 0. The molecule has 0 spiro atoms. The summed E-state index contributed by atoms with van der Waals surface area (Å²) in [6, 6.07) is 16.8. The third kappa shape index (κ3) is 3.39. The lowest BCUT2D eigenvalue weighted by molar-refractivity contribution is -0.144. The van der Waals surface area contributed by atoms with Crippen LogP contribution in [0.4, 0.5) is 10.5 Å². The second-order valence-corrected chi connectivity index (χ2v) is 4.74. The molecule has 5 heteroatoms. The van der Waals surface area contributed by atoms with Crippen molar-refractivity contribution in [2.75, 3.05) is 5.32 Å². The highest BCUT2D eigenvalue weighted by Gasteiger charge is 2.36. The molecule has 0 aliphatic rings. The lowest BCUT2D eigenvalue weighted by Crippen LogP contribution is -2.51. The van der Waals surface area contributed by atoms with E-state index in [0.29, 0.717) is 11.3 Å². The molecule has 0 fully saturated rings. The van der Waals surface area contributed by atoms with Crippen molar-refractivity contribution in [3.63, 3.8) is 0 Å². The largest absolute Gasteiger partial charge is 0.479 e. The van der Waals surface area contributed by atoms with E-state index < -0.39 is 17.5 Å². The number of aliphatic carboxylic acids is 1. The van der Waals surface area contributed by atoms with Gasteiger partial charge in [0.2, 0.25) is 0 Å². The Morgan fingerprint density at radius 3 is 2.00 bits per heavy atom. The monoisotopic (exact) mass is 284 g/mol. The van der Waals surface area contributed by atoms with Gasteiger partial charge in [0, 0.05) is 5.69 Å². The van der Waals surface area contributed by atoms with Gasteiger partial charge >= 0.3 is 12.0 Å². The second-order valence-electron chi connectivity index (χ2n) is 4.74. The number of carboxylic acid groups (broad SMARTS) is 1. The lowest BCUT2D eigenvalue weighted by Gasteiger charge is -2.26. The van der Waals surface area contributed by atoms with E-state index in [2.05, 4.69) is 10.6 Å². The highest BCUT2D eigenvalue weighted by atomic mass is 16.4. The van der Waals surface area contributed by atoms with Gasteiger partial charge in [-0.15, -0.1) is 0 Å². The van der Waals surface area contributed by atoms with E-state index in [1.165, 1.54) is 6.92 Å². The maximum absolute atomic E-state index is 12.0. The molecule has 2 aromatic rings. The van der Waals surface area contributed by atoms with Gasteiger partial charge in [-0.05, 0) is 24.6 Å². The summed E-state index contributed by atoms with van der Waals surface area (Å²) in [6.07, 6.45) is 0. The Morgan fingerprint density at radius 1 is 0.952 bits per heavy atom. The minimum absolute atomic E-state index is 0.501. The third-order valence-electron chi connectivity index (χ3n) is 3.17. The summed E-state index contributed by atoms with van der Waals surface area (Å²) in [5.74, 6) is -1.13. The molecule has 3 N–H and O–H groups in total. The summed E-state index contributed by atoms with van der Waals surface area (Å²) in [5, 5.41) is 14.6. The van der Waals surface area contributed by atoms with Crippen molar-refractivity contribution in [3.8, 4) is 0 Å². The van der Waals surface area contributed by atoms with Crippen LogP contribution in [0, 0.1) is 0 Å². The van der Waals surface area contributed by atoms with Crippen LogP contribution in [-0.2, 0) is 10.3 Å². The van der Waals surface area contributed by atoms with Crippen molar-refractivity contribution < 1.29 is 14.7 Å². The minimum Gasteiger partial charge on any atom is -0.479 e. The Bertz CT molecular complexity index is 628. The number of hydrogen-bond donors (Lipinski definition) is 3. The molecule has 0 saturated heterocycles. The first-order chi connectivity index (χ1) is 10.0. The van der Waals surface area contributed by atoms with Gasteiger partial charge < -0.3 is 15.7 Å². The standard InChI is InChI=1S/C16H16N2O3/c1-16(14(19)20,12-8-4-2-5-9-12)18-15(21)17-13-10-6-3-7-11-13/h2-11H,1H3,(H,19,20)(H2,17,18,21). The molecule has 0 radical (unpaired) electrons. The quantitative estimate of drug-likeness (QED) is 0.807. The Morgan fingerprint density at radius 2 is 1.48 bits per heavy atom. The molecule has 108 valence electrons. The van der Waals surface area contributed by atoms with Gasteiger partial charge in [-0.25, -0.2) is 9.59 Å². The summed E-state index contributed by atoms with van der Waals surface area (Å²) in [5.41, 5.74) is -0.406. The van der Waals surface area contributed by atoms with Gasteiger partial charge in [0.1, 0.15) is 0 Å². The van der Waals surface area contributed by atoms with Crippen LogP contribution in [0.15, 0.2) is 60.7 Å². The smallest absolute Gasteiger partial charge is 0.333 e. The first-order valence-electron chi connectivity index (χ1n) is 6.45. The van der Waals surface area contributed by atoms with Crippen LogP contribution in [-0.4, -0.2) is 17.1 Å². The molecule has 2 aromatic carbocycles.